The number of anilines is 1. The molecule has 5 nitrogen and oxygen atoms in total. The van der Waals surface area contributed by atoms with Gasteiger partial charge in [0, 0.05) is 5.69 Å². The number of carboxylic acids is 1. The lowest BCUT2D eigenvalue weighted by Gasteiger charge is -2.31. The summed E-state index contributed by atoms with van der Waals surface area (Å²) in [4.78, 5) is 23.1. The average molecular weight is 325 g/mol. The van der Waals surface area contributed by atoms with E-state index in [9.17, 15) is 9.59 Å². The summed E-state index contributed by atoms with van der Waals surface area (Å²) in [7, 11) is 0. The van der Waals surface area contributed by atoms with Crippen LogP contribution in [0.4, 0.5) is 5.69 Å². The summed E-state index contributed by atoms with van der Waals surface area (Å²) in [5.41, 5.74) is 1.66. The third kappa shape index (κ3) is 3.74. The summed E-state index contributed by atoms with van der Waals surface area (Å²) in [6, 6.07) is 16.9. The van der Waals surface area contributed by atoms with Crippen molar-refractivity contribution in [2.24, 2.45) is 11.8 Å². The third-order valence-corrected chi connectivity index (χ3v) is 4.30. The first-order valence-corrected chi connectivity index (χ1v) is 7.94. The molecule has 0 aromatic heterocycles. The van der Waals surface area contributed by atoms with Gasteiger partial charge in [-0.3, -0.25) is 9.59 Å². The number of aliphatic carboxylic acids is 1. The number of hydrogen-bond acceptors (Lipinski definition) is 3. The van der Waals surface area contributed by atoms with Gasteiger partial charge in [-0.1, -0.05) is 30.3 Å². The zero-order valence-electron chi connectivity index (χ0n) is 13.1. The fourth-order valence-electron chi connectivity index (χ4n) is 2.71. The van der Waals surface area contributed by atoms with E-state index in [1.54, 1.807) is 12.1 Å². The van der Waals surface area contributed by atoms with Gasteiger partial charge in [0.25, 0.3) is 0 Å². The Kier molecular flexibility index (Phi) is 4.79. The van der Waals surface area contributed by atoms with Crippen molar-refractivity contribution in [1.29, 1.82) is 0 Å². The summed E-state index contributed by atoms with van der Waals surface area (Å²) in [6.07, 6.45) is 1.20. The second-order valence-corrected chi connectivity index (χ2v) is 5.92. The summed E-state index contributed by atoms with van der Waals surface area (Å²) in [6.45, 7) is 0.446. The van der Waals surface area contributed by atoms with Crippen molar-refractivity contribution in [3.05, 3.63) is 60.2 Å². The van der Waals surface area contributed by atoms with Crippen LogP contribution in [0.5, 0.6) is 5.75 Å². The lowest BCUT2D eigenvalue weighted by Crippen LogP contribution is -2.41. The number of ether oxygens (including phenoxy) is 1. The molecule has 24 heavy (non-hydrogen) atoms. The molecule has 0 saturated heterocycles. The summed E-state index contributed by atoms with van der Waals surface area (Å²) in [5.74, 6) is -1.29. The Bertz CT molecular complexity index is 712. The van der Waals surface area contributed by atoms with Crippen molar-refractivity contribution in [2.45, 2.75) is 19.4 Å². The first-order valence-electron chi connectivity index (χ1n) is 7.94. The Labute approximate surface area is 140 Å². The number of carbonyl (C=O) groups is 2. The molecule has 5 heteroatoms. The van der Waals surface area contributed by atoms with Crippen LogP contribution in [0.2, 0.25) is 0 Å². The van der Waals surface area contributed by atoms with Crippen molar-refractivity contribution in [1.82, 2.24) is 0 Å². The van der Waals surface area contributed by atoms with E-state index in [1.165, 1.54) is 0 Å². The van der Waals surface area contributed by atoms with Gasteiger partial charge < -0.3 is 15.2 Å². The third-order valence-electron chi connectivity index (χ3n) is 4.30. The Morgan fingerprint density at radius 1 is 1.00 bits per heavy atom. The molecule has 2 N–H and O–H groups in total. The van der Waals surface area contributed by atoms with Gasteiger partial charge >= 0.3 is 5.97 Å². The van der Waals surface area contributed by atoms with Crippen LogP contribution in [-0.2, 0) is 16.2 Å². The zero-order valence-corrected chi connectivity index (χ0v) is 13.1. The molecule has 0 heterocycles. The number of carbonyl (C=O) groups excluding carboxylic acids is 1. The lowest BCUT2D eigenvalue weighted by atomic mass is 9.73. The van der Waals surface area contributed by atoms with Crippen molar-refractivity contribution >= 4 is 17.6 Å². The van der Waals surface area contributed by atoms with E-state index in [4.69, 9.17) is 9.84 Å². The SMILES string of the molecule is O=C(O)C1CCC1C(=O)Nc1ccc(COc2ccccc2)cc1. The maximum Gasteiger partial charge on any atom is 0.307 e. The number of amides is 1. The quantitative estimate of drug-likeness (QED) is 0.854. The highest BCUT2D eigenvalue weighted by molar-refractivity contribution is 5.96. The largest absolute Gasteiger partial charge is 0.489 e. The monoisotopic (exact) mass is 325 g/mol. The van der Waals surface area contributed by atoms with Crippen molar-refractivity contribution in [3.63, 3.8) is 0 Å². The van der Waals surface area contributed by atoms with Crippen molar-refractivity contribution in [2.75, 3.05) is 5.32 Å². The van der Waals surface area contributed by atoms with E-state index >= 15 is 0 Å². The van der Waals surface area contributed by atoms with Gasteiger partial charge in [0.05, 0.1) is 11.8 Å². The van der Waals surface area contributed by atoms with E-state index in [0.29, 0.717) is 25.1 Å². The van der Waals surface area contributed by atoms with E-state index in [-0.39, 0.29) is 5.91 Å². The van der Waals surface area contributed by atoms with Crippen LogP contribution in [0.15, 0.2) is 54.6 Å². The molecule has 1 fully saturated rings. The smallest absolute Gasteiger partial charge is 0.307 e. The lowest BCUT2D eigenvalue weighted by molar-refractivity contribution is -0.151. The van der Waals surface area contributed by atoms with Gasteiger partial charge in [0.15, 0.2) is 0 Å². The van der Waals surface area contributed by atoms with E-state index in [0.717, 1.165) is 11.3 Å². The summed E-state index contributed by atoms with van der Waals surface area (Å²) in [5, 5.41) is 11.8. The Morgan fingerprint density at radius 3 is 2.25 bits per heavy atom. The topological polar surface area (TPSA) is 75.6 Å². The number of para-hydroxylation sites is 1. The first-order chi connectivity index (χ1) is 11.6. The standard InChI is InChI=1S/C19H19NO4/c21-18(16-10-11-17(16)19(22)23)20-14-8-6-13(7-9-14)12-24-15-4-2-1-3-5-15/h1-9,16-17H,10-12H2,(H,20,21)(H,22,23). The van der Waals surface area contributed by atoms with Crippen LogP contribution < -0.4 is 10.1 Å². The molecular formula is C19H19NO4. The molecule has 2 aromatic carbocycles. The predicted octanol–water partition coefficient (Wildman–Crippen LogP) is 3.31. The molecule has 2 aromatic rings. The minimum Gasteiger partial charge on any atom is -0.489 e. The molecule has 0 radical (unpaired) electrons. The fourth-order valence-corrected chi connectivity index (χ4v) is 2.71. The molecule has 124 valence electrons. The molecule has 0 bridgehead atoms. The second-order valence-electron chi connectivity index (χ2n) is 5.92. The molecule has 0 aliphatic heterocycles. The highest BCUT2D eigenvalue weighted by Gasteiger charge is 2.41. The number of benzene rings is 2. The van der Waals surface area contributed by atoms with Gasteiger partial charge in [-0.15, -0.1) is 0 Å². The molecule has 1 aliphatic rings. The zero-order chi connectivity index (χ0) is 16.9. The number of rotatable bonds is 6. The van der Waals surface area contributed by atoms with E-state index in [2.05, 4.69) is 5.32 Å². The normalized spacial score (nSPS) is 19.2. The molecule has 2 atom stereocenters. The summed E-state index contributed by atoms with van der Waals surface area (Å²) < 4.78 is 5.67. The van der Waals surface area contributed by atoms with Crippen LogP contribution in [-0.4, -0.2) is 17.0 Å². The number of carboxylic acid groups (broad SMARTS) is 1. The van der Waals surface area contributed by atoms with Crippen LogP contribution >= 0.6 is 0 Å². The minimum absolute atomic E-state index is 0.220. The van der Waals surface area contributed by atoms with Crippen LogP contribution in [0.1, 0.15) is 18.4 Å². The highest BCUT2D eigenvalue weighted by atomic mass is 16.5. The maximum absolute atomic E-state index is 12.1. The first kappa shape index (κ1) is 16.1. The summed E-state index contributed by atoms with van der Waals surface area (Å²) >= 11 is 0. The van der Waals surface area contributed by atoms with Gasteiger partial charge in [0.2, 0.25) is 5.91 Å². The Balaban J connectivity index is 1.53. The average Bonchev–Trinajstić information content (AvgIpc) is 2.53. The predicted molar refractivity (Wildman–Crippen MR) is 89.7 cm³/mol. The highest BCUT2D eigenvalue weighted by Crippen LogP contribution is 2.35. The number of hydrogen-bond donors (Lipinski definition) is 2. The van der Waals surface area contributed by atoms with Crippen LogP contribution in [0.25, 0.3) is 0 Å². The van der Waals surface area contributed by atoms with E-state index < -0.39 is 17.8 Å². The van der Waals surface area contributed by atoms with Crippen molar-refractivity contribution < 1.29 is 19.4 Å². The van der Waals surface area contributed by atoms with Gasteiger partial charge in [-0.05, 0) is 42.7 Å². The second kappa shape index (κ2) is 7.17. The molecule has 2 unspecified atom stereocenters. The molecular weight excluding hydrogens is 306 g/mol. The molecule has 1 saturated carbocycles. The number of nitrogens with one attached hydrogen (secondary N) is 1. The van der Waals surface area contributed by atoms with Gasteiger partial charge in [-0.25, -0.2) is 0 Å². The Hall–Kier alpha value is -2.82. The molecule has 0 spiro atoms. The fraction of sp³-hybridized carbons (Fsp3) is 0.263. The molecule has 3 rings (SSSR count). The molecule has 1 amide bonds. The van der Waals surface area contributed by atoms with Gasteiger partial charge in [0.1, 0.15) is 12.4 Å². The van der Waals surface area contributed by atoms with Crippen LogP contribution in [0, 0.1) is 11.8 Å². The van der Waals surface area contributed by atoms with E-state index in [1.807, 2.05) is 42.5 Å². The van der Waals surface area contributed by atoms with Crippen molar-refractivity contribution in [3.8, 4) is 5.75 Å². The van der Waals surface area contributed by atoms with Gasteiger partial charge in [-0.2, -0.15) is 0 Å². The minimum atomic E-state index is -0.894. The Morgan fingerprint density at radius 2 is 1.67 bits per heavy atom. The molecule has 1 aliphatic carbocycles. The maximum atomic E-state index is 12.1. The van der Waals surface area contributed by atoms with Crippen LogP contribution in [0.3, 0.4) is 0 Å².